The molecule has 1 fully saturated rings. The lowest BCUT2D eigenvalue weighted by Gasteiger charge is -2.20. The van der Waals surface area contributed by atoms with E-state index in [1.807, 2.05) is 18.2 Å². The number of aliphatic hydroxyl groups is 1. The summed E-state index contributed by atoms with van der Waals surface area (Å²) in [6, 6.07) is 12.6. The van der Waals surface area contributed by atoms with Crippen molar-refractivity contribution >= 4 is 5.91 Å². The van der Waals surface area contributed by atoms with Crippen molar-refractivity contribution in [1.82, 2.24) is 10.3 Å². The number of amides is 1. The van der Waals surface area contributed by atoms with Crippen LogP contribution in [0.2, 0.25) is 0 Å². The van der Waals surface area contributed by atoms with Crippen LogP contribution in [0.3, 0.4) is 0 Å². The molecule has 6 heteroatoms. The number of carbonyl (C=O) groups excluding carboxylic acids is 1. The van der Waals surface area contributed by atoms with Crippen molar-refractivity contribution in [3.8, 4) is 11.5 Å². The highest BCUT2D eigenvalue weighted by Crippen LogP contribution is 2.24. The number of para-hydroxylation sites is 1. The zero-order chi connectivity index (χ0) is 16.1. The lowest BCUT2D eigenvalue weighted by Crippen LogP contribution is -2.43. The van der Waals surface area contributed by atoms with Gasteiger partial charge in [-0.1, -0.05) is 18.2 Å². The van der Waals surface area contributed by atoms with Gasteiger partial charge in [-0.05, 0) is 24.3 Å². The summed E-state index contributed by atoms with van der Waals surface area (Å²) in [6.45, 7) is 0.842. The minimum atomic E-state index is -1.01. The predicted molar refractivity (Wildman–Crippen MR) is 83.5 cm³/mol. The maximum atomic E-state index is 12.3. The van der Waals surface area contributed by atoms with E-state index in [0.717, 1.165) is 0 Å². The van der Waals surface area contributed by atoms with E-state index < -0.39 is 11.5 Å². The van der Waals surface area contributed by atoms with Crippen molar-refractivity contribution in [1.29, 1.82) is 0 Å². The third kappa shape index (κ3) is 3.85. The van der Waals surface area contributed by atoms with Gasteiger partial charge in [0, 0.05) is 25.8 Å². The molecule has 23 heavy (non-hydrogen) atoms. The van der Waals surface area contributed by atoms with Gasteiger partial charge in [-0.15, -0.1) is 0 Å². The third-order valence-corrected chi connectivity index (χ3v) is 3.62. The lowest BCUT2D eigenvalue weighted by atomic mass is 10.0. The average molecular weight is 314 g/mol. The number of benzene rings is 1. The Morgan fingerprint density at radius 3 is 2.87 bits per heavy atom. The van der Waals surface area contributed by atoms with Gasteiger partial charge in [-0.2, -0.15) is 0 Å². The van der Waals surface area contributed by atoms with Crippen LogP contribution in [-0.4, -0.2) is 41.4 Å². The number of hydrogen-bond acceptors (Lipinski definition) is 5. The molecule has 0 saturated carbocycles. The predicted octanol–water partition coefficient (Wildman–Crippen LogP) is 1.76. The molecule has 1 saturated heterocycles. The molecular formula is C17H18N2O4. The van der Waals surface area contributed by atoms with Crippen LogP contribution in [0.5, 0.6) is 11.5 Å². The Hall–Kier alpha value is -2.44. The summed E-state index contributed by atoms with van der Waals surface area (Å²) < 4.78 is 10.9. The van der Waals surface area contributed by atoms with Crippen molar-refractivity contribution in [2.75, 3.05) is 19.8 Å². The molecule has 0 unspecified atom stereocenters. The molecule has 0 radical (unpaired) electrons. The second kappa shape index (κ2) is 6.76. The van der Waals surface area contributed by atoms with Crippen LogP contribution < -0.4 is 10.1 Å². The molecule has 1 aliphatic rings. The summed E-state index contributed by atoms with van der Waals surface area (Å²) in [6.07, 6.45) is 2.03. The standard InChI is InChI=1S/C17H18N2O4/c20-16(19-11-17(21)8-10-22-12-17)15-14(7-4-9-18-15)23-13-5-2-1-3-6-13/h1-7,9,21H,8,10-12H2,(H,19,20)/t17-/m0/s1. The van der Waals surface area contributed by atoms with E-state index in [0.29, 0.717) is 24.5 Å². The van der Waals surface area contributed by atoms with Crippen molar-refractivity contribution in [2.45, 2.75) is 12.0 Å². The third-order valence-electron chi connectivity index (χ3n) is 3.62. The Kier molecular flexibility index (Phi) is 4.55. The Bertz CT molecular complexity index is 669. The summed E-state index contributed by atoms with van der Waals surface area (Å²) in [5.74, 6) is 0.597. The van der Waals surface area contributed by atoms with Gasteiger partial charge in [0.2, 0.25) is 0 Å². The smallest absolute Gasteiger partial charge is 0.273 e. The maximum absolute atomic E-state index is 12.3. The van der Waals surface area contributed by atoms with Crippen molar-refractivity contribution < 1.29 is 19.4 Å². The highest BCUT2D eigenvalue weighted by Gasteiger charge is 2.33. The first-order chi connectivity index (χ1) is 11.2. The van der Waals surface area contributed by atoms with E-state index >= 15 is 0 Å². The van der Waals surface area contributed by atoms with Crippen LogP contribution in [0.25, 0.3) is 0 Å². The first kappa shape index (κ1) is 15.5. The molecule has 1 amide bonds. The number of rotatable bonds is 5. The van der Waals surface area contributed by atoms with Crippen LogP contribution in [0, 0.1) is 0 Å². The zero-order valence-corrected chi connectivity index (χ0v) is 12.6. The van der Waals surface area contributed by atoms with Gasteiger partial charge in [0.1, 0.15) is 11.4 Å². The molecule has 0 spiro atoms. The number of hydrogen-bond donors (Lipinski definition) is 2. The summed E-state index contributed by atoms with van der Waals surface area (Å²) in [5, 5.41) is 12.9. The van der Waals surface area contributed by atoms with Crippen molar-refractivity contribution in [2.24, 2.45) is 0 Å². The number of aromatic nitrogens is 1. The fourth-order valence-electron chi connectivity index (χ4n) is 2.32. The van der Waals surface area contributed by atoms with Gasteiger partial charge in [-0.25, -0.2) is 4.98 Å². The Labute approximate surface area is 134 Å². The van der Waals surface area contributed by atoms with Gasteiger partial charge in [0.25, 0.3) is 5.91 Å². The van der Waals surface area contributed by atoms with Crippen LogP contribution in [0.15, 0.2) is 48.7 Å². The molecule has 2 aromatic rings. The van der Waals surface area contributed by atoms with Crippen LogP contribution in [0.4, 0.5) is 0 Å². The number of nitrogens with zero attached hydrogens (tertiary/aromatic N) is 1. The van der Waals surface area contributed by atoms with E-state index in [-0.39, 0.29) is 18.8 Å². The topological polar surface area (TPSA) is 80.7 Å². The van der Waals surface area contributed by atoms with E-state index in [2.05, 4.69) is 10.3 Å². The Balaban J connectivity index is 1.70. The first-order valence-electron chi connectivity index (χ1n) is 7.43. The second-order valence-electron chi connectivity index (χ2n) is 5.47. The fraction of sp³-hybridized carbons (Fsp3) is 0.294. The largest absolute Gasteiger partial charge is 0.455 e. The molecule has 0 bridgehead atoms. The molecular weight excluding hydrogens is 296 g/mol. The van der Waals surface area contributed by atoms with Gasteiger partial charge in [-0.3, -0.25) is 4.79 Å². The molecule has 1 aromatic heterocycles. The zero-order valence-electron chi connectivity index (χ0n) is 12.6. The number of ether oxygens (including phenoxy) is 2. The van der Waals surface area contributed by atoms with Gasteiger partial charge < -0.3 is 19.9 Å². The quantitative estimate of drug-likeness (QED) is 0.879. The van der Waals surface area contributed by atoms with Crippen LogP contribution in [-0.2, 0) is 4.74 Å². The molecule has 2 N–H and O–H groups in total. The summed E-state index contributed by atoms with van der Waals surface area (Å²) in [7, 11) is 0. The average Bonchev–Trinajstić information content (AvgIpc) is 3.01. The number of carbonyl (C=O) groups is 1. The Morgan fingerprint density at radius 1 is 1.30 bits per heavy atom. The molecule has 1 aromatic carbocycles. The molecule has 2 heterocycles. The lowest BCUT2D eigenvalue weighted by molar-refractivity contribution is 0.0263. The number of nitrogens with one attached hydrogen (secondary N) is 1. The molecule has 6 nitrogen and oxygen atoms in total. The molecule has 1 atom stereocenters. The van der Waals surface area contributed by atoms with Gasteiger partial charge in [0.05, 0.1) is 6.61 Å². The summed E-state index contributed by atoms with van der Waals surface area (Å²) in [4.78, 5) is 16.4. The normalized spacial score (nSPS) is 20.2. The van der Waals surface area contributed by atoms with Crippen molar-refractivity contribution in [3.05, 3.63) is 54.4 Å². The van der Waals surface area contributed by atoms with E-state index in [9.17, 15) is 9.90 Å². The first-order valence-corrected chi connectivity index (χ1v) is 7.43. The summed E-state index contributed by atoms with van der Waals surface area (Å²) in [5.41, 5.74) is -0.830. The van der Waals surface area contributed by atoms with Gasteiger partial charge >= 0.3 is 0 Å². The summed E-state index contributed by atoms with van der Waals surface area (Å²) >= 11 is 0. The van der Waals surface area contributed by atoms with Crippen LogP contribution in [0.1, 0.15) is 16.9 Å². The van der Waals surface area contributed by atoms with Gasteiger partial charge in [0.15, 0.2) is 11.4 Å². The highest BCUT2D eigenvalue weighted by atomic mass is 16.5. The minimum absolute atomic E-state index is 0.118. The highest BCUT2D eigenvalue weighted by molar-refractivity contribution is 5.95. The molecule has 0 aliphatic carbocycles. The minimum Gasteiger partial charge on any atom is -0.455 e. The second-order valence-corrected chi connectivity index (χ2v) is 5.47. The van der Waals surface area contributed by atoms with E-state index in [1.54, 1.807) is 24.3 Å². The molecule has 1 aliphatic heterocycles. The number of pyridine rings is 1. The SMILES string of the molecule is O=C(NC[C@@]1(O)CCOC1)c1ncccc1Oc1ccccc1. The molecule has 120 valence electrons. The van der Waals surface area contributed by atoms with Crippen LogP contribution >= 0.6 is 0 Å². The van der Waals surface area contributed by atoms with Crippen molar-refractivity contribution in [3.63, 3.8) is 0 Å². The molecule has 3 rings (SSSR count). The fourth-order valence-corrected chi connectivity index (χ4v) is 2.32. The van der Waals surface area contributed by atoms with E-state index in [4.69, 9.17) is 9.47 Å². The Morgan fingerprint density at radius 2 is 2.13 bits per heavy atom. The van der Waals surface area contributed by atoms with E-state index in [1.165, 1.54) is 6.20 Å². The maximum Gasteiger partial charge on any atom is 0.273 e. The monoisotopic (exact) mass is 314 g/mol.